The molecule has 9 aromatic rings. The molecule has 9 aliphatic rings. The Morgan fingerprint density at radius 3 is 1.06 bits per heavy atom. The van der Waals surface area contributed by atoms with Crippen LogP contribution in [0, 0.1) is 79.6 Å². The van der Waals surface area contributed by atoms with Gasteiger partial charge in [-0.05, 0) is 330 Å². The summed E-state index contributed by atoms with van der Waals surface area (Å²) in [4.78, 5) is 29.3. The molecule has 13 nitrogen and oxygen atoms in total. The lowest BCUT2D eigenvalue weighted by Gasteiger charge is -2.38. The van der Waals surface area contributed by atoms with Crippen molar-refractivity contribution in [3.8, 4) is 11.5 Å². The smallest absolute Gasteiger partial charge is 0.128 e. The Kier molecular flexibility index (Phi) is 46.6. The number of hydrogen-bond donors (Lipinski definition) is 0. The molecule has 714 valence electrons. The number of pyridine rings is 1. The van der Waals surface area contributed by atoms with Crippen LogP contribution >= 0.6 is 0 Å². The van der Waals surface area contributed by atoms with Crippen LogP contribution in [0.1, 0.15) is 230 Å². The first kappa shape index (κ1) is 104. The summed E-state index contributed by atoms with van der Waals surface area (Å²) in [5, 5.41) is 0. The van der Waals surface area contributed by atoms with Crippen LogP contribution in [0.5, 0.6) is 11.5 Å². The van der Waals surface area contributed by atoms with Gasteiger partial charge in [0.15, 0.2) is 0 Å². The van der Waals surface area contributed by atoms with Crippen molar-refractivity contribution in [3.05, 3.63) is 274 Å². The highest BCUT2D eigenvalue weighted by Crippen LogP contribution is 2.31. The van der Waals surface area contributed by atoms with Crippen LogP contribution in [0.2, 0.25) is 0 Å². The molecule has 8 saturated heterocycles. The Morgan fingerprint density at radius 1 is 0.313 bits per heavy atom. The first-order valence-electron chi connectivity index (χ1n) is 51.6. The molecule has 131 heavy (non-hydrogen) atoms. The molecule has 0 spiro atoms. The Bertz CT molecular complexity index is 4270. The zero-order chi connectivity index (χ0) is 92.6. The third kappa shape index (κ3) is 41.0. The third-order valence-electron chi connectivity index (χ3n) is 27.5. The van der Waals surface area contributed by atoms with E-state index in [1.54, 1.807) is 0 Å². The van der Waals surface area contributed by atoms with Crippen LogP contribution in [-0.2, 0) is 13.1 Å². The highest BCUT2D eigenvalue weighted by atomic mass is 16.5. The summed E-state index contributed by atoms with van der Waals surface area (Å²) in [6, 6.07) is 74.2. The first-order valence-corrected chi connectivity index (χ1v) is 51.6. The molecule has 0 bridgehead atoms. The topological polar surface area (TPSA) is 63.8 Å². The number of anilines is 5. The fourth-order valence-corrected chi connectivity index (χ4v) is 19.0. The van der Waals surface area contributed by atoms with Crippen molar-refractivity contribution >= 4 is 28.6 Å². The molecule has 13 heteroatoms. The number of likely N-dealkylation sites (N-methyl/N-ethyl adjacent to an activating group) is 1. The van der Waals surface area contributed by atoms with Crippen LogP contribution < -0.4 is 34.0 Å². The Hall–Kier alpha value is -8.69. The summed E-state index contributed by atoms with van der Waals surface area (Å²) in [5.74, 6) is 4.82. The number of likely N-dealkylation sites (tertiary alicyclic amines) is 3. The van der Waals surface area contributed by atoms with E-state index >= 15 is 0 Å². The molecule has 9 fully saturated rings. The molecular weight excluding hydrogens is 1600 g/mol. The predicted molar refractivity (Wildman–Crippen MR) is 565 cm³/mol. The Labute approximate surface area is 798 Å². The third-order valence-corrected chi connectivity index (χ3v) is 27.5. The van der Waals surface area contributed by atoms with Crippen molar-refractivity contribution < 1.29 is 9.47 Å². The van der Waals surface area contributed by atoms with Gasteiger partial charge in [-0.3, -0.25) is 19.6 Å². The molecular formula is C118H175N11O2. The molecule has 1 unspecified atom stereocenters. The second-order valence-electron chi connectivity index (χ2n) is 40.4. The number of rotatable bonds is 18. The maximum atomic E-state index is 5.80. The average molecular weight is 1780 g/mol. The fourth-order valence-electron chi connectivity index (χ4n) is 19.0. The largest absolute Gasteiger partial charge is 0.493 e. The van der Waals surface area contributed by atoms with E-state index in [0.717, 1.165) is 75.1 Å². The number of hydrogen-bond acceptors (Lipinski definition) is 13. The van der Waals surface area contributed by atoms with Crippen molar-refractivity contribution in [1.82, 2.24) is 29.5 Å². The summed E-state index contributed by atoms with van der Waals surface area (Å²) < 4.78 is 11.5. The zero-order valence-corrected chi connectivity index (χ0v) is 84.5. The lowest BCUT2D eigenvalue weighted by atomic mass is 9.84. The van der Waals surface area contributed by atoms with Gasteiger partial charge in [0.1, 0.15) is 23.9 Å². The molecule has 8 aliphatic heterocycles. The zero-order valence-electron chi connectivity index (χ0n) is 84.5. The standard InChI is InChI=1S/C15H23N.C14H22N2.C14H21NO.C14H21N.C14H20O.C12H18N2.2C12H17N.C11H16N2/c1-13-5-7-14(8-6-13)11-16-10-4-9-15(2,3)12-16;1-3-8-15-9-11-16(12-10-15)14-6-4-13(2)5-7-14;1-13-5-7-14(8-6-13)16-12-11-15-9-3-2-4-10-15;1-12-5-7-14(8-6-12)11-15-9-3-4-13(2)10-15;1-12-7-9-14(10-8-12)15-11-13-5-3-2-4-6-13;1-11-3-5-12(6-4-11)14-9-7-13(2)8-10-14;2*1-11-5-7-12(8-6-11)13-9-3-2-4-10-13;1-10-5-6-11(12-9-10)13-7-3-2-4-8-13/h5-8H,4,9-12H2,1-3H3;4-7H,3,8-12H2,1-2H3;5-8H,2-4,9-12H2,1H3;5-8,13H,3-4,9-11H2,1-2H3;7-10,13H,2-6,11H2,1H3;3-6H,7-10H2,1-2H3;2*5-8H,2-4,9-10H2,1H3;5-6,9H,2-4,7-8H2,1H3. The normalized spacial score (nSPS) is 18.7. The van der Waals surface area contributed by atoms with E-state index in [4.69, 9.17) is 9.47 Å². The van der Waals surface area contributed by atoms with Gasteiger partial charge in [-0.1, -0.05) is 225 Å². The SMILES string of the molecule is CCCN1CCN(c2ccc(C)cc2)CC1.Cc1ccc(CN2CCCC(C)(C)C2)cc1.Cc1ccc(CN2CCCC(C)C2)cc1.Cc1ccc(N2CCCCC2)cc1.Cc1ccc(N2CCCCC2)cc1.Cc1ccc(N2CCCCC2)nc1.Cc1ccc(N2CCN(C)CC2)cc1.Cc1ccc(OCC2CCCCC2)cc1.Cc1ccc(OCCN2CCCCC2)cc1. The van der Waals surface area contributed by atoms with Gasteiger partial charge in [-0.15, -0.1) is 0 Å². The number of ether oxygens (including phenoxy) is 2. The second-order valence-corrected chi connectivity index (χ2v) is 40.4. The van der Waals surface area contributed by atoms with Crippen molar-refractivity contribution in [2.75, 3.05) is 189 Å². The number of benzene rings is 8. The summed E-state index contributed by atoms with van der Waals surface area (Å²) >= 11 is 0. The molecule has 1 saturated carbocycles. The number of nitrogens with zero attached hydrogens (tertiary/aromatic N) is 11. The molecule has 0 N–H and O–H groups in total. The number of piperazine rings is 2. The van der Waals surface area contributed by atoms with Crippen LogP contribution in [0.3, 0.4) is 0 Å². The van der Waals surface area contributed by atoms with Gasteiger partial charge in [0.25, 0.3) is 0 Å². The van der Waals surface area contributed by atoms with Gasteiger partial charge in [-0.2, -0.15) is 0 Å². The Morgan fingerprint density at radius 2 is 0.656 bits per heavy atom. The Balaban J connectivity index is 0.000000153. The number of aryl methyl sites for hydroxylation is 9. The predicted octanol–water partition coefficient (Wildman–Crippen LogP) is 26.3. The molecule has 9 heterocycles. The average Bonchev–Trinajstić information content (AvgIpc) is 0.838. The van der Waals surface area contributed by atoms with Gasteiger partial charge in [0.2, 0.25) is 0 Å². The van der Waals surface area contributed by atoms with Gasteiger partial charge in [0, 0.05) is 153 Å². The molecule has 8 aromatic carbocycles. The summed E-state index contributed by atoms with van der Waals surface area (Å²) in [7, 11) is 2.19. The van der Waals surface area contributed by atoms with Gasteiger partial charge < -0.3 is 38.9 Å². The highest BCUT2D eigenvalue weighted by molar-refractivity contribution is 5.51. The summed E-state index contributed by atoms with van der Waals surface area (Å²) in [6.07, 6.45) is 32.0. The number of piperidine rings is 6. The summed E-state index contributed by atoms with van der Waals surface area (Å²) in [5.41, 5.74) is 20.8. The molecule has 0 radical (unpaired) electrons. The van der Waals surface area contributed by atoms with Crippen LogP contribution in [0.15, 0.2) is 212 Å². The fraction of sp³-hybridized carbons (Fsp3) is 0.551. The summed E-state index contributed by atoms with van der Waals surface area (Å²) in [6.45, 7) is 59.0. The van der Waals surface area contributed by atoms with Crippen molar-refractivity contribution in [3.63, 3.8) is 0 Å². The molecule has 18 rings (SSSR count). The van der Waals surface area contributed by atoms with E-state index in [0.29, 0.717) is 5.41 Å². The van der Waals surface area contributed by atoms with Gasteiger partial charge in [-0.25, -0.2) is 4.98 Å². The molecule has 1 aromatic heterocycles. The first-order chi connectivity index (χ1) is 63.6. The van der Waals surface area contributed by atoms with Crippen LogP contribution in [0.4, 0.5) is 28.6 Å². The molecule has 0 amide bonds. The number of aromatic nitrogens is 1. The van der Waals surface area contributed by atoms with E-state index in [1.807, 2.05) is 18.3 Å². The lowest BCUT2D eigenvalue weighted by molar-refractivity contribution is 0.111. The maximum absolute atomic E-state index is 5.80. The van der Waals surface area contributed by atoms with Crippen molar-refractivity contribution in [1.29, 1.82) is 0 Å². The maximum Gasteiger partial charge on any atom is 0.128 e. The van der Waals surface area contributed by atoms with E-state index < -0.39 is 0 Å². The second kappa shape index (κ2) is 58.5. The molecule has 1 aliphatic carbocycles. The minimum absolute atomic E-state index is 0.503. The van der Waals surface area contributed by atoms with Gasteiger partial charge in [0.05, 0.1) is 6.61 Å². The van der Waals surface area contributed by atoms with Crippen molar-refractivity contribution in [2.24, 2.45) is 17.3 Å². The van der Waals surface area contributed by atoms with E-state index in [-0.39, 0.29) is 0 Å². The quantitative estimate of drug-likeness (QED) is 0.0820. The minimum atomic E-state index is 0.503. The minimum Gasteiger partial charge on any atom is -0.493 e. The van der Waals surface area contributed by atoms with E-state index in [9.17, 15) is 0 Å². The van der Waals surface area contributed by atoms with E-state index in [2.05, 4.69) is 345 Å². The monoisotopic (exact) mass is 1780 g/mol. The molecule has 1 atom stereocenters. The van der Waals surface area contributed by atoms with Crippen LogP contribution in [0.25, 0.3) is 0 Å². The van der Waals surface area contributed by atoms with Crippen molar-refractivity contribution in [2.45, 2.75) is 244 Å². The lowest BCUT2D eigenvalue weighted by Crippen LogP contribution is -2.46. The highest BCUT2D eigenvalue weighted by Gasteiger charge is 2.27. The van der Waals surface area contributed by atoms with Gasteiger partial charge >= 0.3 is 0 Å². The van der Waals surface area contributed by atoms with Crippen LogP contribution in [-0.4, -0.2) is 194 Å². The van der Waals surface area contributed by atoms with E-state index in [1.165, 1.54) is 350 Å².